The van der Waals surface area contributed by atoms with Gasteiger partial charge in [0.25, 0.3) is 5.91 Å². The predicted octanol–water partition coefficient (Wildman–Crippen LogP) is 3.84. The molecule has 0 spiro atoms. The van der Waals surface area contributed by atoms with Gasteiger partial charge in [-0.25, -0.2) is 10.2 Å². The number of hydrogen-bond acceptors (Lipinski definition) is 8. The number of ether oxygens (including phenoxy) is 5. The van der Waals surface area contributed by atoms with Crippen LogP contribution in [0.1, 0.15) is 31.8 Å². The highest BCUT2D eigenvalue weighted by Crippen LogP contribution is 2.38. The minimum absolute atomic E-state index is 0.306. The minimum atomic E-state index is -0.432. The van der Waals surface area contributed by atoms with Gasteiger partial charge in [-0.05, 0) is 59.7 Å². The van der Waals surface area contributed by atoms with Crippen molar-refractivity contribution in [3.8, 4) is 23.0 Å². The van der Waals surface area contributed by atoms with Crippen LogP contribution in [0.3, 0.4) is 0 Å². The first kappa shape index (κ1) is 25.1. The highest BCUT2D eigenvalue weighted by molar-refractivity contribution is 5.96. The second-order valence-corrected chi connectivity index (χ2v) is 7.16. The molecule has 0 atom stereocenters. The van der Waals surface area contributed by atoms with Gasteiger partial charge < -0.3 is 23.7 Å². The van der Waals surface area contributed by atoms with Gasteiger partial charge >= 0.3 is 5.97 Å². The third-order valence-corrected chi connectivity index (χ3v) is 4.97. The molecule has 3 aromatic rings. The lowest BCUT2D eigenvalue weighted by molar-refractivity contribution is 0.0600. The number of hydrazone groups is 1. The van der Waals surface area contributed by atoms with Crippen LogP contribution in [0.15, 0.2) is 65.8 Å². The highest BCUT2D eigenvalue weighted by atomic mass is 16.5. The van der Waals surface area contributed by atoms with Crippen molar-refractivity contribution in [1.29, 1.82) is 0 Å². The maximum Gasteiger partial charge on any atom is 0.337 e. The molecule has 0 bridgehead atoms. The lowest BCUT2D eigenvalue weighted by Gasteiger charge is -2.13. The Morgan fingerprint density at radius 3 is 2.00 bits per heavy atom. The zero-order valence-corrected chi connectivity index (χ0v) is 19.9. The van der Waals surface area contributed by atoms with E-state index >= 15 is 0 Å². The fourth-order valence-corrected chi connectivity index (χ4v) is 3.11. The van der Waals surface area contributed by atoms with Crippen LogP contribution in [0, 0.1) is 0 Å². The Kier molecular flexibility index (Phi) is 8.66. The van der Waals surface area contributed by atoms with E-state index in [9.17, 15) is 9.59 Å². The standard InChI is InChI=1S/C26H26N2O7/c1-31-22-13-20(14-23(32-2)24(22)33-3)25(29)28-27-15-17-7-11-21(12-8-17)35-16-18-5-9-19(10-6-18)26(30)34-4/h5-15H,16H2,1-4H3,(H,28,29)/b27-15+. The molecule has 0 saturated heterocycles. The summed E-state index contributed by atoms with van der Waals surface area (Å²) in [5.41, 5.74) is 4.95. The molecule has 0 radical (unpaired) electrons. The Bertz CT molecular complexity index is 1160. The summed E-state index contributed by atoms with van der Waals surface area (Å²) < 4.78 is 26.3. The van der Waals surface area contributed by atoms with Crippen LogP contribution < -0.4 is 24.4 Å². The van der Waals surface area contributed by atoms with Crippen LogP contribution in [0.25, 0.3) is 0 Å². The Morgan fingerprint density at radius 1 is 0.829 bits per heavy atom. The van der Waals surface area contributed by atoms with Crippen molar-refractivity contribution in [1.82, 2.24) is 5.43 Å². The molecule has 0 unspecified atom stereocenters. The van der Waals surface area contributed by atoms with Gasteiger partial charge in [0.1, 0.15) is 12.4 Å². The average Bonchev–Trinajstić information content (AvgIpc) is 2.91. The lowest BCUT2D eigenvalue weighted by atomic mass is 10.1. The summed E-state index contributed by atoms with van der Waals surface area (Å²) in [5.74, 6) is 0.996. The van der Waals surface area contributed by atoms with Gasteiger partial charge in [-0.2, -0.15) is 5.10 Å². The molecular weight excluding hydrogens is 452 g/mol. The van der Waals surface area contributed by atoms with Crippen molar-refractivity contribution < 1.29 is 33.3 Å². The molecule has 9 nitrogen and oxygen atoms in total. The molecule has 0 saturated carbocycles. The zero-order chi connectivity index (χ0) is 25.2. The van der Waals surface area contributed by atoms with Gasteiger partial charge in [-0.1, -0.05) is 12.1 Å². The van der Waals surface area contributed by atoms with Crippen LogP contribution in [0.4, 0.5) is 0 Å². The Hall–Kier alpha value is -4.53. The normalized spacial score (nSPS) is 10.5. The maximum atomic E-state index is 12.5. The number of nitrogens with zero attached hydrogens (tertiary/aromatic N) is 1. The Morgan fingerprint density at radius 2 is 1.46 bits per heavy atom. The summed E-state index contributed by atoms with van der Waals surface area (Å²) in [4.78, 5) is 24.0. The molecule has 0 aliphatic rings. The predicted molar refractivity (Wildman–Crippen MR) is 130 cm³/mol. The third kappa shape index (κ3) is 6.50. The molecule has 9 heteroatoms. The number of hydrogen-bond donors (Lipinski definition) is 1. The second kappa shape index (κ2) is 12.1. The number of carbonyl (C=O) groups excluding carboxylic acids is 2. The fraction of sp³-hybridized carbons (Fsp3) is 0.192. The van der Waals surface area contributed by atoms with E-state index in [1.807, 2.05) is 24.3 Å². The molecule has 182 valence electrons. The number of benzene rings is 3. The largest absolute Gasteiger partial charge is 0.493 e. The molecule has 35 heavy (non-hydrogen) atoms. The number of methoxy groups -OCH3 is 4. The van der Waals surface area contributed by atoms with Crippen molar-refractivity contribution >= 4 is 18.1 Å². The van der Waals surface area contributed by atoms with E-state index in [0.717, 1.165) is 11.1 Å². The third-order valence-electron chi connectivity index (χ3n) is 4.97. The van der Waals surface area contributed by atoms with Gasteiger partial charge in [0.2, 0.25) is 5.75 Å². The Labute approximate surface area is 203 Å². The lowest BCUT2D eigenvalue weighted by Crippen LogP contribution is -2.18. The molecule has 3 rings (SSSR count). The Balaban J connectivity index is 1.56. The van der Waals surface area contributed by atoms with E-state index in [1.54, 1.807) is 36.4 Å². The van der Waals surface area contributed by atoms with Crippen LogP contribution >= 0.6 is 0 Å². The molecule has 1 N–H and O–H groups in total. The molecule has 1 amide bonds. The van der Waals surface area contributed by atoms with E-state index in [0.29, 0.717) is 40.7 Å². The van der Waals surface area contributed by atoms with Crippen LogP contribution in [-0.4, -0.2) is 46.5 Å². The first-order valence-corrected chi connectivity index (χ1v) is 10.5. The SMILES string of the molecule is COC(=O)c1ccc(COc2ccc(/C=N/NC(=O)c3cc(OC)c(OC)c(OC)c3)cc2)cc1. The van der Waals surface area contributed by atoms with Gasteiger partial charge in [0, 0.05) is 5.56 Å². The maximum absolute atomic E-state index is 12.5. The van der Waals surface area contributed by atoms with Crippen LogP contribution in [-0.2, 0) is 11.3 Å². The van der Waals surface area contributed by atoms with E-state index < -0.39 is 5.91 Å². The number of esters is 1. The first-order chi connectivity index (χ1) is 17.0. The smallest absolute Gasteiger partial charge is 0.337 e. The van der Waals surface area contributed by atoms with Crippen LogP contribution in [0.5, 0.6) is 23.0 Å². The number of rotatable bonds is 10. The quantitative estimate of drug-likeness (QED) is 0.268. The van der Waals surface area contributed by atoms with Gasteiger partial charge in [-0.15, -0.1) is 0 Å². The van der Waals surface area contributed by atoms with Gasteiger partial charge in [0.15, 0.2) is 11.5 Å². The van der Waals surface area contributed by atoms with E-state index in [1.165, 1.54) is 34.7 Å². The summed E-state index contributed by atoms with van der Waals surface area (Å²) in [6.45, 7) is 0.347. The molecule has 0 heterocycles. The first-order valence-electron chi connectivity index (χ1n) is 10.5. The van der Waals surface area contributed by atoms with Gasteiger partial charge in [0.05, 0.1) is 40.2 Å². The highest BCUT2D eigenvalue weighted by Gasteiger charge is 2.16. The summed E-state index contributed by atoms with van der Waals surface area (Å²) in [6, 6.07) is 17.3. The zero-order valence-electron chi connectivity index (χ0n) is 19.9. The molecule has 0 aromatic heterocycles. The van der Waals surface area contributed by atoms with E-state index in [-0.39, 0.29) is 5.97 Å². The number of nitrogens with one attached hydrogen (secondary N) is 1. The van der Waals surface area contributed by atoms with E-state index in [4.69, 9.17) is 18.9 Å². The van der Waals surface area contributed by atoms with Crippen molar-refractivity contribution in [3.05, 3.63) is 82.9 Å². The van der Waals surface area contributed by atoms with Crippen LogP contribution in [0.2, 0.25) is 0 Å². The number of carbonyl (C=O) groups is 2. The monoisotopic (exact) mass is 478 g/mol. The van der Waals surface area contributed by atoms with Crippen molar-refractivity contribution in [2.24, 2.45) is 5.10 Å². The second-order valence-electron chi connectivity index (χ2n) is 7.16. The minimum Gasteiger partial charge on any atom is -0.493 e. The van der Waals surface area contributed by atoms with Crippen molar-refractivity contribution in [2.45, 2.75) is 6.61 Å². The molecule has 0 fully saturated rings. The molecular formula is C26H26N2O7. The van der Waals surface area contributed by atoms with Crippen molar-refractivity contribution in [2.75, 3.05) is 28.4 Å². The summed E-state index contributed by atoms with van der Waals surface area (Å²) in [7, 11) is 5.79. The summed E-state index contributed by atoms with van der Waals surface area (Å²) in [5, 5.41) is 4.01. The average molecular weight is 479 g/mol. The van der Waals surface area contributed by atoms with E-state index in [2.05, 4.69) is 15.3 Å². The topological polar surface area (TPSA) is 105 Å². The molecule has 3 aromatic carbocycles. The summed E-state index contributed by atoms with van der Waals surface area (Å²) >= 11 is 0. The van der Waals surface area contributed by atoms with Crippen molar-refractivity contribution in [3.63, 3.8) is 0 Å². The fourth-order valence-electron chi connectivity index (χ4n) is 3.11. The molecule has 0 aliphatic carbocycles. The van der Waals surface area contributed by atoms with Gasteiger partial charge in [-0.3, -0.25) is 4.79 Å². The molecule has 0 aliphatic heterocycles. The summed E-state index contributed by atoms with van der Waals surface area (Å²) in [6.07, 6.45) is 1.52. The number of amides is 1.